The van der Waals surface area contributed by atoms with Gasteiger partial charge in [0.2, 0.25) is 0 Å². The van der Waals surface area contributed by atoms with Gasteiger partial charge in [0.25, 0.3) is 0 Å². The van der Waals surface area contributed by atoms with E-state index in [1.165, 1.54) is 0 Å². The smallest absolute Gasteiger partial charge is 0.135 e. The number of nitrogens with one attached hydrogen (secondary N) is 1. The molecule has 0 radical (unpaired) electrons. The maximum Gasteiger partial charge on any atom is 0.135 e. The van der Waals surface area contributed by atoms with E-state index in [9.17, 15) is 0 Å². The molecule has 0 spiro atoms. The highest BCUT2D eigenvalue weighted by Gasteiger charge is 2.06. The van der Waals surface area contributed by atoms with E-state index in [1.54, 1.807) is 12.1 Å². The summed E-state index contributed by atoms with van der Waals surface area (Å²) in [5.74, 6) is 0. The monoisotopic (exact) mass is 206 g/mol. The summed E-state index contributed by atoms with van der Waals surface area (Å²) in [5.41, 5.74) is 1.61. The zero-order valence-electron chi connectivity index (χ0n) is 7.92. The quantitative estimate of drug-likeness (QED) is 0.771. The van der Waals surface area contributed by atoms with Crippen molar-refractivity contribution < 1.29 is 0 Å². The van der Waals surface area contributed by atoms with Gasteiger partial charge in [0.15, 0.2) is 0 Å². The molecule has 1 N–H and O–H groups in total. The van der Waals surface area contributed by atoms with E-state index in [4.69, 9.17) is 16.9 Å². The van der Waals surface area contributed by atoms with Crippen molar-refractivity contribution in [1.82, 2.24) is 0 Å². The zero-order chi connectivity index (χ0) is 10.6. The van der Waals surface area contributed by atoms with E-state index in [-0.39, 0.29) is 6.04 Å². The van der Waals surface area contributed by atoms with Crippen LogP contribution >= 0.6 is 11.6 Å². The Balaban J connectivity index is 2.78. The molecule has 0 amide bonds. The zero-order valence-corrected chi connectivity index (χ0v) is 8.67. The molecule has 0 saturated heterocycles. The van der Waals surface area contributed by atoms with Crippen molar-refractivity contribution in [2.75, 3.05) is 5.32 Å². The second-order valence-electron chi connectivity index (χ2n) is 3.06. The van der Waals surface area contributed by atoms with Gasteiger partial charge in [-0.15, -0.1) is 0 Å². The van der Waals surface area contributed by atoms with E-state index < -0.39 is 0 Å². The van der Waals surface area contributed by atoms with Crippen LogP contribution in [0, 0.1) is 11.3 Å². The maximum absolute atomic E-state index is 8.82. The van der Waals surface area contributed by atoms with Crippen molar-refractivity contribution in [3.05, 3.63) is 41.4 Å². The Morgan fingerprint density at radius 2 is 2.36 bits per heavy atom. The standard InChI is InChI=1S/C11H11ClN2/c1-8(2)11(7-13)14-10-5-3-4-9(12)6-10/h3-6,11,14H,1H2,2H3. The molecule has 0 bridgehead atoms. The summed E-state index contributed by atoms with van der Waals surface area (Å²) in [5, 5.41) is 12.5. The van der Waals surface area contributed by atoms with Crippen molar-refractivity contribution in [1.29, 1.82) is 5.26 Å². The van der Waals surface area contributed by atoms with Crippen LogP contribution in [0.15, 0.2) is 36.4 Å². The van der Waals surface area contributed by atoms with Gasteiger partial charge in [0.05, 0.1) is 6.07 Å². The third-order valence-corrected chi connectivity index (χ3v) is 1.99. The fourth-order valence-electron chi connectivity index (χ4n) is 1.01. The predicted molar refractivity (Wildman–Crippen MR) is 59.3 cm³/mol. The number of anilines is 1. The van der Waals surface area contributed by atoms with E-state index >= 15 is 0 Å². The predicted octanol–water partition coefficient (Wildman–Crippen LogP) is 3.22. The summed E-state index contributed by atoms with van der Waals surface area (Å²) in [6, 6.07) is 9.00. The lowest BCUT2D eigenvalue weighted by Crippen LogP contribution is -2.17. The molecule has 1 unspecified atom stereocenters. The molecular weight excluding hydrogens is 196 g/mol. The lowest BCUT2D eigenvalue weighted by Gasteiger charge is -2.12. The normalized spacial score (nSPS) is 11.5. The van der Waals surface area contributed by atoms with Crippen LogP contribution in [0.3, 0.4) is 0 Å². The highest BCUT2D eigenvalue weighted by atomic mass is 35.5. The summed E-state index contributed by atoms with van der Waals surface area (Å²) in [4.78, 5) is 0. The van der Waals surface area contributed by atoms with Crippen LogP contribution in [0.25, 0.3) is 0 Å². The van der Waals surface area contributed by atoms with Gasteiger partial charge >= 0.3 is 0 Å². The molecule has 1 rings (SSSR count). The Morgan fingerprint density at radius 1 is 1.64 bits per heavy atom. The Morgan fingerprint density at radius 3 is 2.86 bits per heavy atom. The molecule has 0 saturated carbocycles. The molecule has 14 heavy (non-hydrogen) atoms. The second-order valence-corrected chi connectivity index (χ2v) is 3.50. The molecule has 72 valence electrons. The summed E-state index contributed by atoms with van der Waals surface area (Å²) < 4.78 is 0. The van der Waals surface area contributed by atoms with E-state index in [2.05, 4.69) is 18.0 Å². The average molecular weight is 207 g/mol. The van der Waals surface area contributed by atoms with E-state index in [0.717, 1.165) is 11.3 Å². The van der Waals surface area contributed by atoms with Crippen LogP contribution in [0.1, 0.15) is 6.92 Å². The van der Waals surface area contributed by atoms with Crippen LogP contribution < -0.4 is 5.32 Å². The molecule has 1 aromatic rings. The molecule has 0 fully saturated rings. The Kier molecular flexibility index (Phi) is 3.55. The first kappa shape index (κ1) is 10.6. The van der Waals surface area contributed by atoms with Crippen molar-refractivity contribution in [2.24, 2.45) is 0 Å². The molecular formula is C11H11ClN2. The molecule has 0 aliphatic carbocycles. The Bertz CT molecular complexity index is 379. The van der Waals surface area contributed by atoms with Gasteiger partial charge in [0.1, 0.15) is 6.04 Å². The molecule has 1 aromatic carbocycles. The van der Waals surface area contributed by atoms with Gasteiger partial charge < -0.3 is 5.32 Å². The number of nitriles is 1. The molecule has 0 aromatic heterocycles. The third-order valence-electron chi connectivity index (χ3n) is 1.76. The molecule has 3 heteroatoms. The third kappa shape index (κ3) is 2.79. The van der Waals surface area contributed by atoms with Crippen molar-refractivity contribution in [2.45, 2.75) is 13.0 Å². The average Bonchev–Trinajstić information content (AvgIpc) is 2.14. The number of nitrogens with zero attached hydrogens (tertiary/aromatic N) is 1. The van der Waals surface area contributed by atoms with Crippen LogP contribution in [0.5, 0.6) is 0 Å². The molecule has 1 atom stereocenters. The van der Waals surface area contributed by atoms with Gasteiger partial charge in [0, 0.05) is 10.7 Å². The van der Waals surface area contributed by atoms with Crippen molar-refractivity contribution >= 4 is 17.3 Å². The topological polar surface area (TPSA) is 35.8 Å². The van der Waals surface area contributed by atoms with Gasteiger partial charge in [-0.25, -0.2) is 0 Å². The van der Waals surface area contributed by atoms with Gasteiger partial charge in [-0.2, -0.15) is 5.26 Å². The highest BCUT2D eigenvalue weighted by molar-refractivity contribution is 6.30. The van der Waals surface area contributed by atoms with Crippen LogP contribution in [-0.4, -0.2) is 6.04 Å². The first-order chi connectivity index (χ1) is 6.63. The fourth-order valence-corrected chi connectivity index (χ4v) is 1.20. The first-order valence-electron chi connectivity index (χ1n) is 4.20. The number of benzene rings is 1. The lowest BCUT2D eigenvalue weighted by molar-refractivity contribution is 1.03. The minimum atomic E-state index is -0.367. The SMILES string of the molecule is C=C(C)C(C#N)Nc1cccc(Cl)c1. The molecule has 2 nitrogen and oxygen atoms in total. The number of hydrogen-bond donors (Lipinski definition) is 1. The summed E-state index contributed by atoms with van der Waals surface area (Å²) >= 11 is 5.81. The summed E-state index contributed by atoms with van der Waals surface area (Å²) in [6.07, 6.45) is 0. The highest BCUT2D eigenvalue weighted by Crippen LogP contribution is 2.16. The Labute approximate surface area is 88.8 Å². The number of rotatable bonds is 3. The Hall–Kier alpha value is -1.46. The lowest BCUT2D eigenvalue weighted by atomic mass is 10.1. The molecule has 0 aliphatic heterocycles. The summed E-state index contributed by atoms with van der Waals surface area (Å²) in [6.45, 7) is 5.54. The largest absolute Gasteiger partial charge is 0.366 e. The van der Waals surface area contributed by atoms with Crippen molar-refractivity contribution in [3.8, 4) is 6.07 Å². The van der Waals surface area contributed by atoms with E-state index in [0.29, 0.717) is 5.02 Å². The maximum atomic E-state index is 8.82. The summed E-state index contributed by atoms with van der Waals surface area (Å²) in [7, 11) is 0. The minimum absolute atomic E-state index is 0.367. The fraction of sp³-hybridized carbons (Fsp3) is 0.182. The van der Waals surface area contributed by atoms with E-state index in [1.807, 2.05) is 19.1 Å². The van der Waals surface area contributed by atoms with Crippen molar-refractivity contribution in [3.63, 3.8) is 0 Å². The van der Waals surface area contributed by atoms with Gasteiger partial charge in [-0.1, -0.05) is 24.2 Å². The molecule has 0 aliphatic rings. The number of hydrogen-bond acceptors (Lipinski definition) is 2. The second kappa shape index (κ2) is 4.69. The first-order valence-corrected chi connectivity index (χ1v) is 4.58. The van der Waals surface area contributed by atoms with Crippen LogP contribution in [0.2, 0.25) is 5.02 Å². The molecule has 0 heterocycles. The minimum Gasteiger partial charge on any atom is -0.366 e. The van der Waals surface area contributed by atoms with Gasteiger partial charge in [-0.05, 0) is 30.7 Å². The van der Waals surface area contributed by atoms with Gasteiger partial charge in [-0.3, -0.25) is 0 Å². The van der Waals surface area contributed by atoms with Crippen LogP contribution in [-0.2, 0) is 0 Å². The number of halogens is 1. The van der Waals surface area contributed by atoms with Crippen LogP contribution in [0.4, 0.5) is 5.69 Å².